The average Bonchev–Trinajstić information content (AvgIpc) is 3.01. The first-order chi connectivity index (χ1) is 11.9. The van der Waals surface area contributed by atoms with Crippen molar-refractivity contribution in [1.29, 1.82) is 0 Å². The normalized spacial score (nSPS) is 18.5. The van der Waals surface area contributed by atoms with Crippen molar-refractivity contribution >= 4 is 29.9 Å². The van der Waals surface area contributed by atoms with Crippen molar-refractivity contribution in [3.63, 3.8) is 0 Å². The summed E-state index contributed by atoms with van der Waals surface area (Å²) in [4.78, 5) is 6.79. The summed E-state index contributed by atoms with van der Waals surface area (Å²) in [6, 6.07) is 6.28. The molecule has 3 N–H and O–H groups in total. The van der Waals surface area contributed by atoms with E-state index in [0.29, 0.717) is 31.5 Å². The number of hydrogen-bond acceptors (Lipinski definition) is 3. The van der Waals surface area contributed by atoms with E-state index in [1.54, 1.807) is 12.1 Å². The average molecular weight is 486 g/mol. The van der Waals surface area contributed by atoms with Gasteiger partial charge < -0.3 is 15.8 Å². The van der Waals surface area contributed by atoms with Gasteiger partial charge in [-0.05, 0) is 50.0 Å². The Hall–Kier alpha value is -1.23. The fourth-order valence-corrected chi connectivity index (χ4v) is 2.97. The van der Waals surface area contributed by atoms with E-state index in [0.717, 1.165) is 25.1 Å². The van der Waals surface area contributed by atoms with E-state index >= 15 is 0 Å². The van der Waals surface area contributed by atoms with Crippen LogP contribution in [0.5, 0.6) is 5.75 Å². The van der Waals surface area contributed by atoms with Gasteiger partial charge in [-0.3, -0.25) is 9.89 Å². The Balaban J connectivity index is 0.00000338. The summed E-state index contributed by atoms with van der Waals surface area (Å²) in [6.45, 7) is 5.56. The minimum absolute atomic E-state index is 0. The summed E-state index contributed by atoms with van der Waals surface area (Å²) in [6.07, 6.45) is -1.68. The Morgan fingerprint density at radius 2 is 2.04 bits per heavy atom. The number of nitrogens with zero attached hydrogens (tertiary/aromatic N) is 2. The van der Waals surface area contributed by atoms with Crippen LogP contribution >= 0.6 is 24.0 Å². The molecule has 5 nitrogen and oxygen atoms in total. The monoisotopic (exact) mass is 486 g/mol. The molecule has 26 heavy (non-hydrogen) atoms. The lowest BCUT2D eigenvalue weighted by Gasteiger charge is -2.20. The standard InChI is InChI=1S/C17H25F3N4O.HI/c1-2-24-11-3-4-14(24)12-23-16(21)22-10-9-13-5-7-15(8-6-13)25-17(18,19)20;/h5-8,14H,2-4,9-12H2,1H3,(H3,21,22,23);1H. The lowest BCUT2D eigenvalue weighted by atomic mass is 10.1. The van der Waals surface area contributed by atoms with Gasteiger partial charge in [0.1, 0.15) is 5.75 Å². The Kier molecular flexibility index (Phi) is 9.48. The molecule has 0 amide bonds. The molecular weight excluding hydrogens is 460 g/mol. The van der Waals surface area contributed by atoms with Gasteiger partial charge >= 0.3 is 6.36 Å². The van der Waals surface area contributed by atoms with Crippen LogP contribution in [0.15, 0.2) is 29.3 Å². The molecule has 2 rings (SSSR count). The minimum Gasteiger partial charge on any atom is -0.406 e. The number of nitrogens with two attached hydrogens (primary N) is 1. The van der Waals surface area contributed by atoms with Crippen LogP contribution < -0.4 is 15.8 Å². The molecule has 148 valence electrons. The second-order valence-electron chi connectivity index (χ2n) is 6.02. The summed E-state index contributed by atoms with van der Waals surface area (Å²) in [5, 5.41) is 3.04. The summed E-state index contributed by atoms with van der Waals surface area (Å²) < 4.78 is 40.1. The van der Waals surface area contributed by atoms with E-state index < -0.39 is 6.36 Å². The van der Waals surface area contributed by atoms with Gasteiger partial charge in [-0.25, -0.2) is 0 Å². The molecule has 1 unspecified atom stereocenters. The SMILES string of the molecule is CCN1CCCC1CN=C(N)NCCc1ccc(OC(F)(F)F)cc1.I. The van der Waals surface area contributed by atoms with Crippen molar-refractivity contribution in [3.8, 4) is 5.75 Å². The Morgan fingerprint density at radius 3 is 2.65 bits per heavy atom. The second-order valence-corrected chi connectivity index (χ2v) is 6.02. The van der Waals surface area contributed by atoms with E-state index in [-0.39, 0.29) is 29.7 Å². The van der Waals surface area contributed by atoms with Crippen LogP contribution in [0, 0.1) is 0 Å². The largest absolute Gasteiger partial charge is 0.573 e. The maximum absolute atomic E-state index is 12.1. The van der Waals surface area contributed by atoms with Crippen LogP contribution in [0.4, 0.5) is 13.2 Å². The molecule has 0 aromatic heterocycles. The van der Waals surface area contributed by atoms with E-state index in [2.05, 4.69) is 26.9 Å². The molecule has 1 atom stereocenters. The summed E-state index contributed by atoms with van der Waals surface area (Å²) in [5.41, 5.74) is 6.76. The van der Waals surface area contributed by atoms with Crippen LogP contribution in [0.2, 0.25) is 0 Å². The first kappa shape index (κ1) is 22.8. The maximum atomic E-state index is 12.1. The number of likely N-dealkylation sites (N-methyl/N-ethyl adjacent to an activating group) is 1. The highest BCUT2D eigenvalue weighted by Crippen LogP contribution is 2.22. The van der Waals surface area contributed by atoms with Crippen LogP contribution in [0.25, 0.3) is 0 Å². The molecule has 1 heterocycles. The topological polar surface area (TPSA) is 62.9 Å². The molecule has 0 saturated carbocycles. The smallest absolute Gasteiger partial charge is 0.406 e. The lowest BCUT2D eigenvalue weighted by molar-refractivity contribution is -0.274. The number of aliphatic imine (C=N–C) groups is 1. The first-order valence-electron chi connectivity index (χ1n) is 8.50. The fourth-order valence-electron chi connectivity index (χ4n) is 2.97. The van der Waals surface area contributed by atoms with Crippen LogP contribution in [-0.4, -0.2) is 49.4 Å². The van der Waals surface area contributed by atoms with Gasteiger partial charge in [0, 0.05) is 12.6 Å². The van der Waals surface area contributed by atoms with Crippen LogP contribution in [-0.2, 0) is 6.42 Å². The number of ether oxygens (including phenoxy) is 1. The Labute approximate surface area is 169 Å². The fraction of sp³-hybridized carbons (Fsp3) is 0.588. The first-order valence-corrected chi connectivity index (χ1v) is 8.50. The predicted molar refractivity (Wildman–Crippen MR) is 107 cm³/mol. The number of rotatable bonds is 7. The number of guanidine groups is 1. The molecule has 1 fully saturated rings. The molecule has 0 radical (unpaired) electrons. The third-order valence-corrected chi connectivity index (χ3v) is 4.25. The van der Waals surface area contributed by atoms with E-state index in [4.69, 9.17) is 5.73 Å². The van der Waals surface area contributed by atoms with Crippen molar-refractivity contribution in [1.82, 2.24) is 10.2 Å². The third-order valence-electron chi connectivity index (χ3n) is 4.25. The maximum Gasteiger partial charge on any atom is 0.573 e. The highest BCUT2D eigenvalue weighted by atomic mass is 127. The van der Waals surface area contributed by atoms with E-state index in [9.17, 15) is 13.2 Å². The summed E-state index contributed by atoms with van der Waals surface area (Å²) in [7, 11) is 0. The zero-order chi connectivity index (χ0) is 18.3. The van der Waals surface area contributed by atoms with Gasteiger partial charge in [0.05, 0.1) is 6.54 Å². The molecule has 1 aliphatic rings. The van der Waals surface area contributed by atoms with Crippen molar-refractivity contribution in [2.75, 3.05) is 26.2 Å². The van der Waals surface area contributed by atoms with Crippen molar-refractivity contribution in [2.45, 2.75) is 38.6 Å². The third kappa shape index (κ3) is 7.98. The number of hydrogen-bond donors (Lipinski definition) is 2. The molecule has 0 aliphatic carbocycles. The lowest BCUT2D eigenvalue weighted by Crippen LogP contribution is -2.36. The Morgan fingerprint density at radius 1 is 1.35 bits per heavy atom. The summed E-state index contributed by atoms with van der Waals surface area (Å²) >= 11 is 0. The molecule has 1 aromatic carbocycles. The second kappa shape index (κ2) is 10.8. The molecule has 0 spiro atoms. The van der Waals surface area contributed by atoms with E-state index in [1.807, 2.05) is 0 Å². The molecule has 1 saturated heterocycles. The minimum atomic E-state index is -4.67. The highest BCUT2D eigenvalue weighted by Gasteiger charge is 2.30. The number of benzene rings is 1. The van der Waals surface area contributed by atoms with Crippen molar-refractivity contribution in [3.05, 3.63) is 29.8 Å². The van der Waals surface area contributed by atoms with Crippen molar-refractivity contribution in [2.24, 2.45) is 10.7 Å². The zero-order valence-electron chi connectivity index (χ0n) is 14.8. The molecular formula is C17H26F3IN4O. The Bertz CT molecular complexity index is 566. The predicted octanol–water partition coefficient (Wildman–Crippen LogP) is 3.13. The number of halogens is 4. The summed E-state index contributed by atoms with van der Waals surface area (Å²) in [5.74, 6) is 0.183. The van der Waals surface area contributed by atoms with Gasteiger partial charge in [-0.15, -0.1) is 37.1 Å². The number of likely N-dealkylation sites (tertiary alicyclic amines) is 1. The quantitative estimate of drug-likeness (QED) is 0.353. The van der Waals surface area contributed by atoms with Gasteiger partial charge in [-0.1, -0.05) is 19.1 Å². The van der Waals surface area contributed by atoms with Gasteiger partial charge in [0.25, 0.3) is 0 Å². The molecule has 9 heteroatoms. The molecule has 0 bridgehead atoms. The highest BCUT2D eigenvalue weighted by molar-refractivity contribution is 14.0. The van der Waals surface area contributed by atoms with Crippen molar-refractivity contribution < 1.29 is 17.9 Å². The van der Waals surface area contributed by atoms with Crippen LogP contribution in [0.3, 0.4) is 0 Å². The number of alkyl halides is 3. The molecule has 1 aromatic rings. The van der Waals surface area contributed by atoms with Crippen LogP contribution in [0.1, 0.15) is 25.3 Å². The zero-order valence-corrected chi connectivity index (χ0v) is 17.1. The van der Waals surface area contributed by atoms with Gasteiger partial charge in [0.15, 0.2) is 5.96 Å². The number of nitrogens with one attached hydrogen (secondary N) is 1. The van der Waals surface area contributed by atoms with Gasteiger partial charge in [0.2, 0.25) is 0 Å². The molecule has 1 aliphatic heterocycles. The van der Waals surface area contributed by atoms with E-state index in [1.165, 1.54) is 18.6 Å². The van der Waals surface area contributed by atoms with Gasteiger partial charge in [-0.2, -0.15) is 0 Å².